The number of aromatic nitrogens is 2. The number of anilines is 3. The topological polar surface area (TPSA) is 13.1 Å². The number of fused-ring (bicyclic) bond motifs is 11. The van der Waals surface area contributed by atoms with Crippen molar-refractivity contribution in [2.75, 3.05) is 4.90 Å². The summed E-state index contributed by atoms with van der Waals surface area (Å²) < 4.78 is 5.18. The number of hydrogen-bond acceptors (Lipinski definition) is 1. The van der Waals surface area contributed by atoms with Crippen LogP contribution in [-0.4, -0.2) is 15.8 Å². The highest BCUT2D eigenvalue weighted by Gasteiger charge is 2.43. The molecule has 4 heterocycles. The first-order valence-corrected chi connectivity index (χ1v) is 23.7. The first-order valence-electron chi connectivity index (χ1n) is 23.7. The summed E-state index contributed by atoms with van der Waals surface area (Å²) in [5.41, 5.74) is 24.9. The van der Waals surface area contributed by atoms with Crippen molar-refractivity contribution in [2.45, 2.75) is 0 Å². The second kappa shape index (κ2) is 13.4. The van der Waals surface area contributed by atoms with Gasteiger partial charge in [0, 0.05) is 44.3 Å². The van der Waals surface area contributed by atoms with Gasteiger partial charge in [0.05, 0.1) is 27.8 Å². The van der Waals surface area contributed by atoms with Crippen molar-refractivity contribution in [3.05, 3.63) is 231 Å². The predicted molar refractivity (Wildman–Crippen MR) is 287 cm³/mol. The van der Waals surface area contributed by atoms with E-state index < -0.39 is 0 Å². The molecular weight excluding hydrogens is 822 g/mol. The average Bonchev–Trinajstić information content (AvgIpc) is 3.89. The highest BCUT2D eigenvalue weighted by molar-refractivity contribution is 7.00. The minimum Gasteiger partial charge on any atom is -0.311 e. The monoisotopic (exact) mass is 859 g/mol. The van der Waals surface area contributed by atoms with Gasteiger partial charge in [-0.25, -0.2) is 0 Å². The van der Waals surface area contributed by atoms with Crippen LogP contribution in [0.5, 0.6) is 0 Å². The Hall–Kier alpha value is -8.86. The zero-order valence-corrected chi connectivity index (χ0v) is 36.9. The Morgan fingerprint density at radius 1 is 0.309 bits per heavy atom. The Bertz CT molecular complexity index is 4220. The molecule has 3 aliphatic rings. The van der Waals surface area contributed by atoms with E-state index in [0.717, 1.165) is 11.4 Å². The molecule has 3 nitrogen and oxygen atoms in total. The molecule has 2 aliphatic heterocycles. The summed E-state index contributed by atoms with van der Waals surface area (Å²) >= 11 is 0. The number of nitrogens with zero attached hydrogens (tertiary/aromatic N) is 3. The van der Waals surface area contributed by atoms with Crippen molar-refractivity contribution in [1.82, 2.24) is 9.13 Å². The van der Waals surface area contributed by atoms with Gasteiger partial charge in [-0.1, -0.05) is 170 Å². The molecule has 0 N–H and O–H groups in total. The van der Waals surface area contributed by atoms with Crippen LogP contribution < -0.4 is 21.3 Å². The summed E-state index contributed by atoms with van der Waals surface area (Å²) in [5, 5.41) is 7.76. The van der Waals surface area contributed by atoms with E-state index in [-0.39, 0.29) is 6.71 Å². The smallest absolute Gasteiger partial charge is 0.252 e. The van der Waals surface area contributed by atoms with Gasteiger partial charge in [-0.15, -0.1) is 0 Å². The summed E-state index contributed by atoms with van der Waals surface area (Å²) in [4.78, 5) is 2.53. The Morgan fingerprint density at radius 3 is 1.60 bits per heavy atom. The maximum atomic E-state index is 2.65. The maximum absolute atomic E-state index is 2.65. The lowest BCUT2D eigenvalue weighted by Crippen LogP contribution is -2.60. The average molecular weight is 860 g/mol. The van der Waals surface area contributed by atoms with Gasteiger partial charge in [0.2, 0.25) is 0 Å². The minimum atomic E-state index is 0.0142. The summed E-state index contributed by atoms with van der Waals surface area (Å²) in [6.07, 6.45) is 0. The first kappa shape index (κ1) is 36.4. The minimum absolute atomic E-state index is 0.0142. The van der Waals surface area contributed by atoms with Crippen molar-refractivity contribution in [1.29, 1.82) is 0 Å². The van der Waals surface area contributed by atoms with Crippen molar-refractivity contribution in [3.8, 4) is 55.9 Å². The number of rotatable bonds is 4. The van der Waals surface area contributed by atoms with Crippen molar-refractivity contribution in [2.24, 2.45) is 0 Å². The lowest BCUT2D eigenvalue weighted by atomic mass is 9.33. The molecule has 0 bridgehead atoms. The molecule has 1 aliphatic carbocycles. The third-order valence-corrected chi connectivity index (χ3v) is 15.4. The Kier molecular flexibility index (Phi) is 7.15. The van der Waals surface area contributed by atoms with Crippen molar-refractivity contribution in [3.63, 3.8) is 0 Å². The van der Waals surface area contributed by atoms with Crippen molar-refractivity contribution < 1.29 is 0 Å². The van der Waals surface area contributed by atoms with Gasteiger partial charge in [0.25, 0.3) is 6.71 Å². The van der Waals surface area contributed by atoms with Crippen LogP contribution in [0.2, 0.25) is 0 Å². The van der Waals surface area contributed by atoms with E-state index in [1.54, 1.807) is 0 Å². The first-order chi connectivity index (χ1) is 33.8. The van der Waals surface area contributed by atoms with Crippen LogP contribution in [0.4, 0.5) is 17.1 Å². The van der Waals surface area contributed by atoms with Gasteiger partial charge in [-0.05, 0) is 132 Å². The zero-order chi connectivity index (χ0) is 44.2. The molecule has 0 fully saturated rings. The molecule has 0 spiro atoms. The van der Waals surface area contributed by atoms with E-state index >= 15 is 0 Å². The van der Waals surface area contributed by atoms with Crippen LogP contribution in [0.25, 0.3) is 110 Å². The van der Waals surface area contributed by atoms with Gasteiger partial charge in [-0.2, -0.15) is 0 Å². The van der Waals surface area contributed by atoms with Gasteiger partial charge >= 0.3 is 0 Å². The molecular formula is C64H38BN3. The van der Waals surface area contributed by atoms with Crippen LogP contribution in [-0.2, 0) is 0 Å². The largest absolute Gasteiger partial charge is 0.311 e. The molecule has 0 radical (unpaired) electrons. The van der Waals surface area contributed by atoms with E-state index in [0.29, 0.717) is 0 Å². The van der Waals surface area contributed by atoms with Gasteiger partial charge in [0.15, 0.2) is 0 Å². The quantitative estimate of drug-likeness (QED) is 0.161. The molecule has 0 saturated carbocycles. The lowest BCUT2D eigenvalue weighted by Gasteiger charge is -2.40. The molecule has 68 heavy (non-hydrogen) atoms. The second-order valence-electron chi connectivity index (χ2n) is 18.8. The Morgan fingerprint density at radius 2 is 0.897 bits per heavy atom. The number of hydrogen-bond donors (Lipinski definition) is 0. The van der Waals surface area contributed by atoms with Gasteiger partial charge in [0.1, 0.15) is 0 Å². The third-order valence-electron chi connectivity index (χ3n) is 15.4. The second-order valence-corrected chi connectivity index (χ2v) is 18.8. The van der Waals surface area contributed by atoms with Crippen LogP contribution in [0.15, 0.2) is 231 Å². The standard InChI is InChI=1S/C64H38BN3/c1-4-15-39(16-5-1)42-28-32-54-50(35-42)51-36-43(40-17-6-2-7-18-40)29-33-55(51)67(54)45-37-58-63-59(38-45)68-57-34-27-41-19-14-24-48-46-22-10-11-23-47(46)49-30-31-53(64(68)61(49)62(57)60(41)48)65(63)52-25-12-13-26-56(52)66(58)44-20-8-3-9-21-44/h1-38H. The molecule has 0 saturated heterocycles. The Labute approximate surface area is 393 Å². The molecule has 312 valence electrons. The van der Waals surface area contributed by atoms with E-state index in [4.69, 9.17) is 0 Å². The van der Waals surface area contributed by atoms with E-state index in [2.05, 4.69) is 245 Å². The predicted octanol–water partition coefficient (Wildman–Crippen LogP) is 14.6. The highest BCUT2D eigenvalue weighted by Crippen LogP contribution is 2.51. The molecule has 16 rings (SSSR count). The molecule has 11 aromatic carbocycles. The van der Waals surface area contributed by atoms with E-state index in [9.17, 15) is 0 Å². The highest BCUT2D eigenvalue weighted by atomic mass is 15.2. The van der Waals surface area contributed by atoms with E-state index in [1.807, 2.05) is 0 Å². The third kappa shape index (κ3) is 4.73. The molecule has 0 unspecified atom stereocenters. The Balaban J connectivity index is 1.07. The fraction of sp³-hybridized carbons (Fsp3) is 0. The number of benzene rings is 11. The summed E-state index contributed by atoms with van der Waals surface area (Å²) in [7, 11) is 0. The molecule has 0 atom stereocenters. The molecule has 13 aromatic rings. The van der Waals surface area contributed by atoms with Crippen LogP contribution in [0, 0.1) is 0 Å². The van der Waals surface area contributed by atoms with Crippen LogP contribution in [0.3, 0.4) is 0 Å². The zero-order valence-electron chi connectivity index (χ0n) is 36.9. The normalized spacial score (nSPS) is 12.9. The maximum Gasteiger partial charge on any atom is 0.252 e. The summed E-state index contributed by atoms with van der Waals surface area (Å²) in [6, 6.07) is 86.3. The van der Waals surface area contributed by atoms with Gasteiger partial charge < -0.3 is 14.0 Å². The van der Waals surface area contributed by atoms with Crippen LogP contribution >= 0.6 is 0 Å². The van der Waals surface area contributed by atoms with Gasteiger partial charge in [-0.3, -0.25) is 0 Å². The summed E-state index contributed by atoms with van der Waals surface area (Å²) in [6.45, 7) is 0.0142. The number of para-hydroxylation sites is 2. The lowest BCUT2D eigenvalue weighted by molar-refractivity contribution is 1.13. The fourth-order valence-corrected chi connectivity index (χ4v) is 12.6. The molecule has 0 amide bonds. The van der Waals surface area contributed by atoms with E-state index in [1.165, 1.54) is 132 Å². The molecule has 2 aromatic heterocycles. The van der Waals surface area contributed by atoms with Crippen molar-refractivity contribution >= 4 is 94.5 Å². The molecule has 4 heteroatoms. The van der Waals surface area contributed by atoms with Crippen LogP contribution in [0.1, 0.15) is 0 Å². The fourth-order valence-electron chi connectivity index (χ4n) is 12.6. The SMILES string of the molecule is c1ccc(-c2ccc3c(c2)c2cc(-c4ccccc4)ccc2n3-c2cc3c4c(c2)-n2c5ccc6cccc7c6c5c5c(ccc(c52)B4c2ccccc2N3c2ccccc2)-c2ccccc2-7)cc1. The summed E-state index contributed by atoms with van der Waals surface area (Å²) in [5.74, 6) is 0.